The van der Waals surface area contributed by atoms with Crippen LogP contribution in [0.3, 0.4) is 0 Å². The normalized spacial score (nSPS) is 11.9. The molecule has 0 amide bonds. The Bertz CT molecular complexity index is 2790. The number of benzene rings is 8. The van der Waals surface area contributed by atoms with E-state index in [0.29, 0.717) is 0 Å². The Kier molecular flexibility index (Phi) is 5.31. The Hall–Kier alpha value is -6.12. The van der Waals surface area contributed by atoms with Gasteiger partial charge in [-0.15, -0.1) is 0 Å². The minimum absolute atomic E-state index is 0.875. The first-order valence-corrected chi connectivity index (χ1v) is 15.7. The summed E-state index contributed by atoms with van der Waals surface area (Å²) in [5.74, 6) is 0. The molecule has 46 heavy (non-hydrogen) atoms. The molecule has 2 heterocycles. The molecule has 0 unspecified atom stereocenters. The van der Waals surface area contributed by atoms with E-state index in [2.05, 4.69) is 140 Å². The predicted octanol–water partition coefficient (Wildman–Crippen LogP) is 12.8. The van der Waals surface area contributed by atoms with Crippen molar-refractivity contribution in [2.24, 2.45) is 0 Å². The molecule has 2 aromatic heterocycles. The molecule has 0 atom stereocenters. The van der Waals surface area contributed by atoms with Crippen LogP contribution < -0.4 is 0 Å². The number of rotatable bonds is 3. The largest absolute Gasteiger partial charge is 0.456 e. The van der Waals surface area contributed by atoms with E-state index < -0.39 is 0 Å². The van der Waals surface area contributed by atoms with Crippen LogP contribution in [0.1, 0.15) is 0 Å². The van der Waals surface area contributed by atoms with E-state index in [9.17, 15) is 0 Å². The van der Waals surface area contributed by atoms with Crippen molar-refractivity contribution < 1.29 is 8.83 Å². The molecule has 10 rings (SSSR count). The summed E-state index contributed by atoms with van der Waals surface area (Å²) in [5.41, 5.74) is 10.5. The van der Waals surface area contributed by atoms with Crippen molar-refractivity contribution in [3.05, 3.63) is 158 Å². The molecule has 2 nitrogen and oxygen atoms in total. The lowest BCUT2D eigenvalue weighted by atomic mass is 9.86. The summed E-state index contributed by atoms with van der Waals surface area (Å²) < 4.78 is 13.2. The molecule has 2 heteroatoms. The quantitative estimate of drug-likeness (QED) is 0.206. The lowest BCUT2D eigenvalue weighted by Gasteiger charge is -2.15. The Balaban J connectivity index is 1.28. The molecule has 0 radical (unpaired) electrons. The zero-order chi connectivity index (χ0) is 30.2. The lowest BCUT2D eigenvalue weighted by molar-refractivity contribution is 0.669. The standard InChI is InChI=1S/C44H26O2/c1-2-11-30-26-31(25-22-27(30)10-1)28-20-23-29(24-21-28)40-32-12-3-4-13-33(32)42(44-43(40)35-15-6-8-18-38(35)46-44)36-16-9-19-39-41(36)34-14-5-7-17-37(34)45-39/h1-26H. The Morgan fingerprint density at radius 3 is 1.67 bits per heavy atom. The summed E-state index contributed by atoms with van der Waals surface area (Å²) in [4.78, 5) is 0. The van der Waals surface area contributed by atoms with Crippen LogP contribution in [0.25, 0.3) is 98.8 Å². The van der Waals surface area contributed by atoms with Crippen LogP contribution in [0.5, 0.6) is 0 Å². The molecule has 214 valence electrons. The highest BCUT2D eigenvalue weighted by molar-refractivity contribution is 6.29. The molecule has 0 spiro atoms. The topological polar surface area (TPSA) is 26.3 Å². The van der Waals surface area contributed by atoms with E-state index in [1.54, 1.807) is 0 Å². The van der Waals surface area contributed by atoms with Crippen molar-refractivity contribution >= 4 is 65.4 Å². The molecular weight excluding hydrogens is 560 g/mol. The van der Waals surface area contributed by atoms with Gasteiger partial charge in [-0.3, -0.25) is 0 Å². The van der Waals surface area contributed by atoms with Crippen molar-refractivity contribution in [3.63, 3.8) is 0 Å². The van der Waals surface area contributed by atoms with E-state index in [1.165, 1.54) is 32.8 Å². The molecule has 10 aromatic rings. The van der Waals surface area contributed by atoms with Gasteiger partial charge in [0.2, 0.25) is 0 Å². The third-order valence-corrected chi connectivity index (χ3v) is 9.47. The van der Waals surface area contributed by atoms with Gasteiger partial charge < -0.3 is 8.83 Å². The van der Waals surface area contributed by atoms with Gasteiger partial charge in [0.25, 0.3) is 0 Å². The molecule has 0 saturated heterocycles. The Morgan fingerprint density at radius 2 is 0.891 bits per heavy atom. The highest BCUT2D eigenvalue weighted by atomic mass is 16.3. The van der Waals surface area contributed by atoms with Crippen molar-refractivity contribution in [1.82, 2.24) is 0 Å². The zero-order valence-electron chi connectivity index (χ0n) is 24.8. The van der Waals surface area contributed by atoms with Crippen LogP contribution in [0, 0.1) is 0 Å². The third-order valence-electron chi connectivity index (χ3n) is 9.47. The predicted molar refractivity (Wildman–Crippen MR) is 192 cm³/mol. The maximum atomic E-state index is 6.85. The number of hydrogen-bond donors (Lipinski definition) is 0. The molecule has 0 fully saturated rings. The van der Waals surface area contributed by atoms with Gasteiger partial charge in [-0.1, -0.05) is 133 Å². The van der Waals surface area contributed by atoms with Crippen molar-refractivity contribution in [1.29, 1.82) is 0 Å². The fourth-order valence-electron chi connectivity index (χ4n) is 7.39. The first-order chi connectivity index (χ1) is 22.8. The summed E-state index contributed by atoms with van der Waals surface area (Å²) in [5, 5.41) is 9.31. The van der Waals surface area contributed by atoms with Crippen LogP contribution in [0.15, 0.2) is 167 Å². The van der Waals surface area contributed by atoms with Crippen molar-refractivity contribution in [2.45, 2.75) is 0 Å². The number of fused-ring (bicyclic) bond motifs is 8. The minimum atomic E-state index is 0.875. The fourth-order valence-corrected chi connectivity index (χ4v) is 7.39. The Labute approximate surface area is 264 Å². The van der Waals surface area contributed by atoms with Gasteiger partial charge in [-0.05, 0) is 68.1 Å². The summed E-state index contributed by atoms with van der Waals surface area (Å²) >= 11 is 0. The maximum absolute atomic E-state index is 6.85. The van der Waals surface area contributed by atoms with E-state index in [0.717, 1.165) is 66.0 Å². The van der Waals surface area contributed by atoms with Gasteiger partial charge in [0.15, 0.2) is 0 Å². The van der Waals surface area contributed by atoms with E-state index in [-0.39, 0.29) is 0 Å². The molecule has 0 N–H and O–H groups in total. The highest BCUT2D eigenvalue weighted by Gasteiger charge is 2.24. The van der Waals surface area contributed by atoms with E-state index >= 15 is 0 Å². The molecule has 8 aromatic carbocycles. The van der Waals surface area contributed by atoms with Crippen LogP contribution in [0.2, 0.25) is 0 Å². The second-order valence-electron chi connectivity index (χ2n) is 12.0. The van der Waals surface area contributed by atoms with Gasteiger partial charge in [0.1, 0.15) is 22.3 Å². The summed E-state index contributed by atoms with van der Waals surface area (Å²) in [6, 6.07) is 56.0. The van der Waals surface area contributed by atoms with Crippen LogP contribution in [-0.4, -0.2) is 0 Å². The number of para-hydroxylation sites is 2. The van der Waals surface area contributed by atoms with E-state index in [4.69, 9.17) is 8.83 Å². The van der Waals surface area contributed by atoms with Crippen LogP contribution >= 0.6 is 0 Å². The molecule has 0 aliphatic rings. The first kappa shape index (κ1) is 25.2. The Morgan fingerprint density at radius 1 is 0.326 bits per heavy atom. The number of furan rings is 2. The maximum Gasteiger partial charge on any atom is 0.144 e. The zero-order valence-corrected chi connectivity index (χ0v) is 24.8. The fraction of sp³-hybridized carbons (Fsp3) is 0. The van der Waals surface area contributed by atoms with Crippen LogP contribution in [-0.2, 0) is 0 Å². The smallest absolute Gasteiger partial charge is 0.144 e. The third kappa shape index (κ3) is 3.65. The van der Waals surface area contributed by atoms with Crippen molar-refractivity contribution in [3.8, 4) is 33.4 Å². The molecule has 0 aliphatic heterocycles. The van der Waals surface area contributed by atoms with Crippen LogP contribution in [0.4, 0.5) is 0 Å². The van der Waals surface area contributed by atoms with Crippen molar-refractivity contribution in [2.75, 3.05) is 0 Å². The lowest BCUT2D eigenvalue weighted by Crippen LogP contribution is -1.90. The average Bonchev–Trinajstić information content (AvgIpc) is 3.69. The summed E-state index contributed by atoms with van der Waals surface area (Å²) in [7, 11) is 0. The highest BCUT2D eigenvalue weighted by Crippen LogP contribution is 2.49. The van der Waals surface area contributed by atoms with Gasteiger partial charge in [-0.2, -0.15) is 0 Å². The summed E-state index contributed by atoms with van der Waals surface area (Å²) in [6.07, 6.45) is 0. The average molecular weight is 587 g/mol. The first-order valence-electron chi connectivity index (χ1n) is 15.7. The second-order valence-corrected chi connectivity index (χ2v) is 12.0. The molecule has 0 saturated carbocycles. The SMILES string of the molecule is c1ccc2cc(-c3ccc(-c4c5ccccc5c(-c5cccc6oc7ccccc7c56)c5oc6ccccc6c45)cc3)ccc2c1. The minimum Gasteiger partial charge on any atom is -0.456 e. The molecule has 0 aliphatic carbocycles. The molecular formula is C44H26O2. The summed E-state index contributed by atoms with van der Waals surface area (Å²) in [6.45, 7) is 0. The van der Waals surface area contributed by atoms with Gasteiger partial charge in [0.05, 0.1) is 0 Å². The van der Waals surface area contributed by atoms with Gasteiger partial charge >= 0.3 is 0 Å². The number of hydrogen-bond acceptors (Lipinski definition) is 2. The van der Waals surface area contributed by atoms with Gasteiger partial charge in [0, 0.05) is 32.7 Å². The monoisotopic (exact) mass is 586 g/mol. The van der Waals surface area contributed by atoms with E-state index in [1.807, 2.05) is 18.2 Å². The van der Waals surface area contributed by atoms with Gasteiger partial charge in [-0.25, -0.2) is 0 Å². The second kappa shape index (κ2) is 9.69. The molecule has 0 bridgehead atoms.